The molecule has 0 fully saturated rings. The fraction of sp³-hybridized carbons (Fsp3) is 0.176. The maximum Gasteiger partial charge on any atom is 0.194 e. The van der Waals surface area contributed by atoms with Crippen molar-refractivity contribution in [3.63, 3.8) is 0 Å². The van der Waals surface area contributed by atoms with Crippen molar-refractivity contribution in [1.82, 2.24) is 0 Å². The monoisotopic (exact) mass is 349 g/mol. The SMILES string of the molecule is CC(Oc1ccc(O)cc1)C(=O)C(C#N)c1ccc(Cl)cc1Cl. The lowest BCUT2D eigenvalue weighted by Crippen LogP contribution is -2.29. The Kier molecular flexibility index (Phi) is 5.49. The maximum atomic E-state index is 12.5. The molecule has 2 unspecified atom stereocenters. The maximum absolute atomic E-state index is 12.5. The Balaban J connectivity index is 2.19. The number of phenolic OH excluding ortho intramolecular Hbond substituents is 1. The third-order valence-corrected chi connectivity index (χ3v) is 3.80. The highest BCUT2D eigenvalue weighted by atomic mass is 35.5. The second-order valence-electron chi connectivity index (χ2n) is 4.88. The van der Waals surface area contributed by atoms with Crippen LogP contribution in [0.2, 0.25) is 10.0 Å². The van der Waals surface area contributed by atoms with Crippen LogP contribution >= 0.6 is 23.2 Å². The van der Waals surface area contributed by atoms with Crippen LogP contribution in [0.5, 0.6) is 11.5 Å². The van der Waals surface area contributed by atoms with Crippen LogP contribution in [0.15, 0.2) is 42.5 Å². The molecule has 2 aromatic carbocycles. The van der Waals surface area contributed by atoms with Crippen molar-refractivity contribution in [3.8, 4) is 17.6 Å². The van der Waals surface area contributed by atoms with Gasteiger partial charge >= 0.3 is 0 Å². The smallest absolute Gasteiger partial charge is 0.194 e. The zero-order valence-electron chi connectivity index (χ0n) is 12.2. The second-order valence-corrected chi connectivity index (χ2v) is 5.73. The minimum absolute atomic E-state index is 0.0965. The highest BCUT2D eigenvalue weighted by Gasteiger charge is 2.28. The van der Waals surface area contributed by atoms with Crippen molar-refractivity contribution in [2.75, 3.05) is 0 Å². The minimum atomic E-state index is -1.05. The zero-order chi connectivity index (χ0) is 17.0. The van der Waals surface area contributed by atoms with Crippen LogP contribution in [0.4, 0.5) is 0 Å². The van der Waals surface area contributed by atoms with E-state index < -0.39 is 17.8 Å². The molecular weight excluding hydrogens is 337 g/mol. The third-order valence-electron chi connectivity index (χ3n) is 3.24. The van der Waals surface area contributed by atoms with Gasteiger partial charge in [-0.05, 0) is 48.9 Å². The Morgan fingerprint density at radius 3 is 2.43 bits per heavy atom. The molecule has 4 nitrogen and oxygen atoms in total. The molecular formula is C17H13Cl2NO3. The van der Waals surface area contributed by atoms with Gasteiger partial charge in [0.15, 0.2) is 11.9 Å². The van der Waals surface area contributed by atoms with E-state index in [-0.39, 0.29) is 10.8 Å². The van der Waals surface area contributed by atoms with E-state index in [9.17, 15) is 15.2 Å². The predicted molar refractivity (Wildman–Crippen MR) is 88.0 cm³/mol. The van der Waals surface area contributed by atoms with Crippen LogP contribution in [0.1, 0.15) is 18.4 Å². The van der Waals surface area contributed by atoms with E-state index in [2.05, 4.69) is 0 Å². The van der Waals surface area contributed by atoms with Gasteiger partial charge in [-0.2, -0.15) is 5.26 Å². The summed E-state index contributed by atoms with van der Waals surface area (Å²) in [6.07, 6.45) is -0.851. The number of Topliss-reactive ketones (excluding diaryl/α,β-unsaturated/α-hetero) is 1. The summed E-state index contributed by atoms with van der Waals surface area (Å²) in [6, 6.07) is 12.6. The molecule has 118 valence electrons. The molecule has 0 radical (unpaired) electrons. The molecule has 0 saturated heterocycles. The molecule has 0 aliphatic carbocycles. The van der Waals surface area contributed by atoms with Crippen molar-refractivity contribution in [2.24, 2.45) is 0 Å². The molecule has 0 aliphatic heterocycles. The van der Waals surface area contributed by atoms with Gasteiger partial charge in [-0.25, -0.2) is 0 Å². The van der Waals surface area contributed by atoms with E-state index in [0.717, 1.165) is 0 Å². The fourth-order valence-corrected chi connectivity index (χ4v) is 2.56. The number of rotatable bonds is 5. The first-order valence-electron chi connectivity index (χ1n) is 6.76. The number of ketones is 1. The number of halogens is 2. The summed E-state index contributed by atoms with van der Waals surface area (Å²) in [4.78, 5) is 12.5. The molecule has 0 bridgehead atoms. The number of carbonyl (C=O) groups is 1. The average Bonchev–Trinajstić information content (AvgIpc) is 2.52. The standard InChI is InChI=1S/C17H13Cl2NO3/c1-10(23-13-5-3-12(21)4-6-13)17(22)15(9-20)14-7-2-11(18)8-16(14)19/h2-8,10,15,21H,1H3. The molecule has 0 spiro atoms. The fourth-order valence-electron chi connectivity index (χ4n) is 2.04. The Bertz CT molecular complexity index is 753. The Labute approximate surface area is 143 Å². The summed E-state index contributed by atoms with van der Waals surface area (Å²) in [6.45, 7) is 1.56. The number of aromatic hydroxyl groups is 1. The molecule has 0 saturated carbocycles. The molecule has 2 rings (SSSR count). The van der Waals surface area contributed by atoms with Crippen molar-refractivity contribution >= 4 is 29.0 Å². The topological polar surface area (TPSA) is 70.3 Å². The lowest BCUT2D eigenvalue weighted by atomic mass is 9.93. The predicted octanol–water partition coefficient (Wildman–Crippen LogP) is 4.34. The lowest BCUT2D eigenvalue weighted by molar-refractivity contribution is -0.125. The van der Waals surface area contributed by atoms with Gasteiger partial charge in [0.2, 0.25) is 0 Å². The number of hydrogen-bond acceptors (Lipinski definition) is 4. The number of nitrogens with zero attached hydrogens (tertiary/aromatic N) is 1. The van der Waals surface area contributed by atoms with Crippen LogP contribution in [-0.4, -0.2) is 17.0 Å². The number of carbonyl (C=O) groups excluding carboxylic acids is 1. The number of benzene rings is 2. The molecule has 1 N–H and O–H groups in total. The molecule has 0 aliphatic rings. The van der Waals surface area contributed by atoms with E-state index >= 15 is 0 Å². The van der Waals surface area contributed by atoms with Gasteiger partial charge in [0.05, 0.1) is 6.07 Å². The van der Waals surface area contributed by atoms with Crippen molar-refractivity contribution in [3.05, 3.63) is 58.1 Å². The van der Waals surface area contributed by atoms with Crippen LogP contribution < -0.4 is 4.74 Å². The molecule has 23 heavy (non-hydrogen) atoms. The zero-order valence-corrected chi connectivity index (χ0v) is 13.7. The lowest BCUT2D eigenvalue weighted by Gasteiger charge is -2.17. The summed E-state index contributed by atoms with van der Waals surface area (Å²) in [5, 5.41) is 19.3. The van der Waals surface area contributed by atoms with Crippen LogP contribution in [0.3, 0.4) is 0 Å². The number of phenols is 1. The largest absolute Gasteiger partial charge is 0.508 e. The number of hydrogen-bond donors (Lipinski definition) is 1. The van der Waals surface area contributed by atoms with E-state index in [4.69, 9.17) is 27.9 Å². The molecule has 0 aromatic heterocycles. The highest BCUT2D eigenvalue weighted by molar-refractivity contribution is 6.35. The van der Waals surface area contributed by atoms with E-state index in [1.165, 1.54) is 30.3 Å². The van der Waals surface area contributed by atoms with Gasteiger partial charge in [-0.3, -0.25) is 4.79 Å². The molecule has 2 aromatic rings. The highest BCUT2D eigenvalue weighted by Crippen LogP contribution is 2.29. The molecule has 2 atom stereocenters. The quantitative estimate of drug-likeness (QED) is 0.871. The van der Waals surface area contributed by atoms with Crippen LogP contribution in [-0.2, 0) is 4.79 Å². The van der Waals surface area contributed by atoms with Gasteiger partial charge in [0.1, 0.15) is 17.4 Å². The third kappa shape index (κ3) is 4.16. The van der Waals surface area contributed by atoms with E-state index in [1.54, 1.807) is 19.1 Å². The first kappa shape index (κ1) is 17.1. The van der Waals surface area contributed by atoms with E-state index in [0.29, 0.717) is 16.3 Å². The number of ether oxygens (including phenoxy) is 1. The Morgan fingerprint density at radius 2 is 1.87 bits per heavy atom. The summed E-state index contributed by atoms with van der Waals surface area (Å²) in [5.74, 6) is -0.946. The van der Waals surface area contributed by atoms with Gasteiger partial charge < -0.3 is 9.84 Å². The first-order chi connectivity index (χ1) is 10.9. The second kappa shape index (κ2) is 7.36. The minimum Gasteiger partial charge on any atom is -0.508 e. The summed E-state index contributed by atoms with van der Waals surface area (Å²) < 4.78 is 5.52. The molecule has 0 amide bonds. The average molecular weight is 350 g/mol. The van der Waals surface area contributed by atoms with Crippen LogP contribution in [0.25, 0.3) is 0 Å². The van der Waals surface area contributed by atoms with Crippen molar-refractivity contribution in [1.29, 1.82) is 5.26 Å². The summed E-state index contributed by atoms with van der Waals surface area (Å²) >= 11 is 11.9. The van der Waals surface area contributed by atoms with E-state index in [1.807, 2.05) is 6.07 Å². The van der Waals surface area contributed by atoms with Gasteiger partial charge in [0, 0.05) is 10.0 Å². The normalized spacial score (nSPS) is 13.0. The van der Waals surface area contributed by atoms with Crippen molar-refractivity contribution < 1.29 is 14.6 Å². The van der Waals surface area contributed by atoms with Gasteiger partial charge in [-0.15, -0.1) is 0 Å². The number of nitriles is 1. The van der Waals surface area contributed by atoms with Crippen LogP contribution in [0, 0.1) is 11.3 Å². The molecule has 6 heteroatoms. The summed E-state index contributed by atoms with van der Waals surface area (Å²) in [7, 11) is 0. The van der Waals surface area contributed by atoms with Gasteiger partial charge in [-0.1, -0.05) is 29.3 Å². The molecule has 0 heterocycles. The van der Waals surface area contributed by atoms with Crippen molar-refractivity contribution in [2.45, 2.75) is 18.9 Å². The van der Waals surface area contributed by atoms with Gasteiger partial charge in [0.25, 0.3) is 0 Å². The summed E-state index contributed by atoms with van der Waals surface area (Å²) in [5.41, 5.74) is 0.393. The Morgan fingerprint density at radius 1 is 1.22 bits per heavy atom. The Hall–Kier alpha value is -2.22. The first-order valence-corrected chi connectivity index (χ1v) is 7.52.